The summed E-state index contributed by atoms with van der Waals surface area (Å²) in [5.74, 6) is 0.143. The van der Waals surface area contributed by atoms with Crippen molar-refractivity contribution in [3.05, 3.63) is 80.6 Å². The molecule has 0 aliphatic rings. The predicted octanol–water partition coefficient (Wildman–Crippen LogP) is 4.79. The van der Waals surface area contributed by atoms with Gasteiger partial charge in [0.2, 0.25) is 0 Å². The smallest absolute Gasteiger partial charge is 0.254 e. The topological polar surface area (TPSA) is 53.2 Å². The van der Waals surface area contributed by atoms with Crippen LogP contribution in [0.5, 0.6) is 0 Å². The number of hydrogen-bond acceptors (Lipinski definition) is 2. The van der Waals surface area contributed by atoms with E-state index in [0.29, 0.717) is 22.7 Å². The van der Waals surface area contributed by atoms with Crippen molar-refractivity contribution in [1.82, 2.24) is 9.88 Å². The number of pyridine rings is 1. The molecule has 27 heavy (non-hydrogen) atoms. The number of nitrogens with one attached hydrogen (secondary N) is 1. The second kappa shape index (κ2) is 7.97. The van der Waals surface area contributed by atoms with E-state index in [-0.39, 0.29) is 23.9 Å². The molecule has 0 spiro atoms. The van der Waals surface area contributed by atoms with Gasteiger partial charge in [-0.1, -0.05) is 43.6 Å². The third-order valence-corrected chi connectivity index (χ3v) is 4.62. The molecule has 0 unspecified atom stereocenters. The average molecular weight is 383 g/mol. The molecular weight excluding hydrogens is 360 g/mol. The second-order valence-electron chi connectivity index (χ2n) is 7.30. The van der Waals surface area contributed by atoms with Crippen molar-refractivity contribution in [3.8, 4) is 0 Å². The second-order valence-corrected chi connectivity index (χ2v) is 7.74. The summed E-state index contributed by atoms with van der Waals surface area (Å²) in [5, 5.41) is 1.47. The number of rotatable bonds is 5. The normalized spacial score (nSPS) is 11.1. The van der Waals surface area contributed by atoms with Gasteiger partial charge in [-0.3, -0.25) is 9.59 Å². The lowest BCUT2D eigenvalue weighted by molar-refractivity contribution is 0.0722. The van der Waals surface area contributed by atoms with Gasteiger partial charge >= 0.3 is 0 Å². The van der Waals surface area contributed by atoms with Gasteiger partial charge in [0, 0.05) is 28.2 Å². The highest BCUT2D eigenvalue weighted by Crippen LogP contribution is 2.17. The molecule has 0 radical (unpaired) electrons. The summed E-state index contributed by atoms with van der Waals surface area (Å²) in [7, 11) is 0. The Balaban J connectivity index is 1.96. The van der Waals surface area contributed by atoms with E-state index in [9.17, 15) is 9.59 Å². The number of fused-ring (bicyclic) bond motifs is 1. The fourth-order valence-corrected chi connectivity index (χ4v) is 3.34. The maximum atomic E-state index is 13.0. The molecule has 0 fully saturated rings. The van der Waals surface area contributed by atoms with E-state index in [1.165, 1.54) is 0 Å². The van der Waals surface area contributed by atoms with Crippen molar-refractivity contribution in [2.75, 3.05) is 6.54 Å². The third-order valence-electron chi connectivity index (χ3n) is 4.38. The number of aryl methyl sites for hydroxylation is 1. The molecular formula is C22H23ClN2O2. The third kappa shape index (κ3) is 4.58. The van der Waals surface area contributed by atoms with Crippen molar-refractivity contribution in [3.63, 3.8) is 0 Å². The molecule has 140 valence electrons. The van der Waals surface area contributed by atoms with Crippen LogP contribution in [0.25, 0.3) is 10.9 Å². The maximum Gasteiger partial charge on any atom is 0.254 e. The van der Waals surface area contributed by atoms with Crippen molar-refractivity contribution in [1.29, 1.82) is 0 Å². The first kappa shape index (κ1) is 19.2. The number of halogens is 1. The zero-order valence-electron chi connectivity index (χ0n) is 15.8. The molecule has 0 aliphatic carbocycles. The number of benzene rings is 2. The molecule has 1 heterocycles. The van der Waals surface area contributed by atoms with Gasteiger partial charge in [0.1, 0.15) is 0 Å². The molecule has 4 nitrogen and oxygen atoms in total. The standard InChI is InChI=1S/C22H23ClN2O2/c1-14(2)12-25(22(27)17-5-4-6-19(23)11-17)13-18-10-16-8-7-15(3)9-20(16)24-21(18)26/h4-11,14H,12-13H2,1-3H3,(H,24,26). The Hall–Kier alpha value is -2.59. The predicted molar refractivity (Wildman–Crippen MR) is 110 cm³/mol. The highest BCUT2D eigenvalue weighted by atomic mass is 35.5. The van der Waals surface area contributed by atoms with E-state index in [4.69, 9.17) is 11.6 Å². The summed E-state index contributed by atoms with van der Waals surface area (Å²) in [4.78, 5) is 30.2. The molecule has 1 amide bonds. The Morgan fingerprint density at radius 3 is 2.63 bits per heavy atom. The lowest BCUT2D eigenvalue weighted by Gasteiger charge is -2.25. The number of carbonyl (C=O) groups excluding carboxylic acids is 1. The number of aromatic nitrogens is 1. The molecule has 3 aromatic rings. The highest BCUT2D eigenvalue weighted by molar-refractivity contribution is 6.30. The van der Waals surface area contributed by atoms with Gasteiger partial charge < -0.3 is 9.88 Å². The van der Waals surface area contributed by atoms with Crippen LogP contribution < -0.4 is 5.56 Å². The lowest BCUT2D eigenvalue weighted by atomic mass is 10.1. The highest BCUT2D eigenvalue weighted by Gasteiger charge is 2.19. The molecule has 5 heteroatoms. The molecule has 0 atom stereocenters. The molecule has 2 aromatic carbocycles. The van der Waals surface area contributed by atoms with E-state index in [0.717, 1.165) is 16.5 Å². The number of carbonyl (C=O) groups is 1. The first-order chi connectivity index (χ1) is 12.8. The number of hydrogen-bond donors (Lipinski definition) is 1. The number of aromatic amines is 1. The summed E-state index contributed by atoms with van der Waals surface area (Å²) >= 11 is 6.04. The molecule has 3 rings (SSSR count). The van der Waals surface area contributed by atoms with Gasteiger partial charge in [0.15, 0.2) is 0 Å². The van der Waals surface area contributed by atoms with Gasteiger partial charge in [-0.15, -0.1) is 0 Å². The summed E-state index contributed by atoms with van der Waals surface area (Å²) in [5.41, 5.74) is 2.82. The van der Waals surface area contributed by atoms with Crippen molar-refractivity contribution >= 4 is 28.4 Å². The first-order valence-electron chi connectivity index (χ1n) is 9.01. The zero-order valence-corrected chi connectivity index (χ0v) is 16.5. The lowest BCUT2D eigenvalue weighted by Crippen LogP contribution is -2.35. The van der Waals surface area contributed by atoms with E-state index in [2.05, 4.69) is 4.98 Å². The summed E-state index contributed by atoms with van der Waals surface area (Å²) in [6, 6.07) is 14.7. The van der Waals surface area contributed by atoms with Gasteiger partial charge in [-0.05, 0) is 54.1 Å². The van der Waals surface area contributed by atoms with Crippen molar-refractivity contribution < 1.29 is 4.79 Å². The van der Waals surface area contributed by atoms with Crippen LogP contribution in [0, 0.1) is 12.8 Å². The molecule has 1 N–H and O–H groups in total. The Morgan fingerprint density at radius 2 is 1.93 bits per heavy atom. The van der Waals surface area contributed by atoms with E-state index >= 15 is 0 Å². The van der Waals surface area contributed by atoms with Crippen LogP contribution in [0.1, 0.15) is 35.3 Å². The fourth-order valence-electron chi connectivity index (χ4n) is 3.15. The largest absolute Gasteiger partial charge is 0.334 e. The summed E-state index contributed by atoms with van der Waals surface area (Å²) in [6.07, 6.45) is 0. The average Bonchev–Trinajstić information content (AvgIpc) is 2.61. The molecule has 0 bridgehead atoms. The molecule has 1 aromatic heterocycles. The van der Waals surface area contributed by atoms with Crippen molar-refractivity contribution in [2.45, 2.75) is 27.3 Å². The van der Waals surface area contributed by atoms with Crippen LogP contribution in [-0.4, -0.2) is 22.3 Å². The van der Waals surface area contributed by atoms with Gasteiger partial charge in [-0.25, -0.2) is 0 Å². The maximum absolute atomic E-state index is 13.0. The number of amides is 1. The monoisotopic (exact) mass is 382 g/mol. The SMILES string of the molecule is Cc1ccc2cc(CN(CC(C)C)C(=O)c3cccc(Cl)c3)c(=O)[nH]c2c1. The van der Waals surface area contributed by atoms with Crippen LogP contribution in [-0.2, 0) is 6.54 Å². The molecule has 0 saturated heterocycles. The Morgan fingerprint density at radius 1 is 1.15 bits per heavy atom. The number of H-pyrrole nitrogens is 1. The zero-order chi connectivity index (χ0) is 19.6. The van der Waals surface area contributed by atoms with E-state index < -0.39 is 0 Å². The van der Waals surface area contributed by atoms with E-state index in [1.807, 2.05) is 45.0 Å². The van der Waals surface area contributed by atoms with Gasteiger partial charge in [-0.2, -0.15) is 0 Å². The minimum absolute atomic E-state index is 0.130. The fraction of sp³-hybridized carbons (Fsp3) is 0.273. The van der Waals surface area contributed by atoms with Crippen molar-refractivity contribution in [2.24, 2.45) is 5.92 Å². The quantitative estimate of drug-likeness (QED) is 0.689. The van der Waals surface area contributed by atoms with Gasteiger partial charge in [0.25, 0.3) is 11.5 Å². The molecule has 0 saturated carbocycles. The minimum Gasteiger partial charge on any atom is -0.334 e. The Labute approximate surface area is 163 Å². The van der Waals surface area contributed by atoms with Crippen LogP contribution in [0.4, 0.5) is 0 Å². The van der Waals surface area contributed by atoms with E-state index in [1.54, 1.807) is 29.2 Å². The van der Waals surface area contributed by atoms with Crippen LogP contribution in [0.2, 0.25) is 5.02 Å². The van der Waals surface area contributed by atoms with Crippen LogP contribution in [0.15, 0.2) is 53.3 Å². The van der Waals surface area contributed by atoms with Crippen LogP contribution >= 0.6 is 11.6 Å². The molecule has 0 aliphatic heterocycles. The Kier molecular flexibility index (Phi) is 5.66. The Bertz CT molecular complexity index is 1040. The van der Waals surface area contributed by atoms with Gasteiger partial charge in [0.05, 0.1) is 6.54 Å². The van der Waals surface area contributed by atoms with Crippen LogP contribution in [0.3, 0.4) is 0 Å². The number of nitrogens with zero attached hydrogens (tertiary/aromatic N) is 1. The minimum atomic E-state index is -0.166. The first-order valence-corrected chi connectivity index (χ1v) is 9.38. The summed E-state index contributed by atoms with van der Waals surface area (Å²) in [6.45, 7) is 6.89. The summed E-state index contributed by atoms with van der Waals surface area (Å²) < 4.78 is 0.